The van der Waals surface area contributed by atoms with Crippen molar-refractivity contribution in [3.8, 4) is 0 Å². The maximum absolute atomic E-state index is 14.8. The van der Waals surface area contributed by atoms with Crippen molar-refractivity contribution in [2.45, 2.75) is 198 Å². The molecule has 33 heteroatoms. The minimum absolute atomic E-state index is 0.0135. The van der Waals surface area contributed by atoms with Gasteiger partial charge in [0, 0.05) is 74.4 Å². The highest BCUT2D eigenvalue weighted by Gasteiger charge is 2.42. The third kappa shape index (κ3) is 24.8. The molecule has 30 nitrogen and oxygen atoms in total. The molecule has 1 aromatic carbocycles. The number of unbranched alkanes of at least 4 members (excludes halogenated alkanes) is 2. The molecule has 0 aliphatic carbocycles. The Morgan fingerprint density at radius 1 is 0.604 bits per heavy atom. The number of imidazole rings is 3. The molecule has 0 saturated carbocycles. The second-order valence-corrected chi connectivity index (χ2v) is 24.8. The number of carbonyl (C=O) groups excluding carboxylic acids is 10. The molecule has 96 heavy (non-hydrogen) atoms. The molecule has 11 atom stereocenters. The Morgan fingerprint density at radius 3 is 1.60 bits per heavy atom. The molecule has 1 aliphatic rings. The van der Waals surface area contributed by atoms with Gasteiger partial charge in [0.05, 0.1) is 25.0 Å². The van der Waals surface area contributed by atoms with Crippen molar-refractivity contribution in [1.82, 2.24) is 82.7 Å². The van der Waals surface area contributed by atoms with Gasteiger partial charge in [0.25, 0.3) is 0 Å². The summed E-state index contributed by atoms with van der Waals surface area (Å²) in [6.07, 6.45) is 4.89. The summed E-state index contributed by atoms with van der Waals surface area (Å²) in [6.45, 7) is 10.5. The summed E-state index contributed by atoms with van der Waals surface area (Å²) in [7, 11) is 0. The molecule has 1 fully saturated rings. The predicted molar refractivity (Wildman–Crippen MR) is 342 cm³/mol. The van der Waals surface area contributed by atoms with Gasteiger partial charge in [0.15, 0.2) is 0 Å². The Hall–Kier alpha value is -9.27. The molecular weight excluding hydrogens is 1260 g/mol. The van der Waals surface area contributed by atoms with Gasteiger partial charge < -0.3 is 84.3 Å². The van der Waals surface area contributed by atoms with Crippen molar-refractivity contribution in [1.29, 1.82) is 0 Å². The van der Waals surface area contributed by atoms with E-state index in [4.69, 9.17) is 11.5 Å². The Morgan fingerprint density at radius 2 is 1.09 bits per heavy atom. The van der Waals surface area contributed by atoms with Crippen LogP contribution >= 0.6 is 0 Å². The first-order chi connectivity index (χ1) is 45.6. The quantitative estimate of drug-likeness (QED) is 0.0263. The van der Waals surface area contributed by atoms with E-state index in [-0.39, 0.29) is 83.2 Å². The molecule has 528 valence electrons. The number of rotatable bonds is 40. The van der Waals surface area contributed by atoms with Gasteiger partial charge in [0.2, 0.25) is 53.2 Å². The smallest absolute Gasteiger partial charge is 0.471 e. The van der Waals surface area contributed by atoms with Crippen molar-refractivity contribution in [2.75, 3.05) is 19.6 Å². The number of hydrogen-bond donors (Lipinski definition) is 15. The molecule has 1 saturated heterocycles. The van der Waals surface area contributed by atoms with Crippen molar-refractivity contribution in [3.63, 3.8) is 0 Å². The lowest BCUT2D eigenvalue weighted by Gasteiger charge is -2.31. The van der Waals surface area contributed by atoms with E-state index >= 15 is 0 Å². The van der Waals surface area contributed by atoms with E-state index in [9.17, 15) is 71.0 Å². The van der Waals surface area contributed by atoms with Crippen LogP contribution in [0.25, 0.3) is 0 Å². The van der Waals surface area contributed by atoms with Crippen molar-refractivity contribution in [2.24, 2.45) is 29.2 Å². The molecular formula is C63H93F3N18O12. The highest BCUT2D eigenvalue weighted by atomic mass is 19.4. The molecule has 0 unspecified atom stereocenters. The van der Waals surface area contributed by atoms with Crippen LogP contribution in [0.1, 0.15) is 128 Å². The first kappa shape index (κ1) is 77.4. The lowest BCUT2D eigenvalue weighted by Crippen LogP contribution is -2.62. The average molecular weight is 1350 g/mol. The number of nitrogens with zero attached hydrogens (tertiary/aromatic N) is 4. The zero-order valence-electron chi connectivity index (χ0n) is 54.9. The Balaban J connectivity index is 1.33. The van der Waals surface area contributed by atoms with E-state index in [0.29, 0.717) is 54.9 Å². The Kier molecular flexibility index (Phi) is 30.9. The molecule has 0 radical (unpaired) electrons. The molecule has 0 bridgehead atoms. The number of aromatic nitrogens is 6. The molecule has 10 amide bonds. The third-order valence-corrected chi connectivity index (χ3v) is 16.3. The SMILES string of the molecule is CC[C@H](C)[C@H](NC(=O)[C@@H](NC(=O)[C@H](CC(C)C)NC(=O)[C@H](Cc1cnc[nH]1)NC(=O)[C@H](Cc1ccccc1)NC(=O)[C@@H]1CCCN1C(=O)[C@H](Cc1cnc[nH]1)NC(=O)[C@@H](N)CCCCNC(=O)C(F)(F)F)C(C)C)C(=O)N[C@@H](Cc1cnc[nH]1)C(=O)N[C@@H](CCCCN)C(=O)O. The van der Waals surface area contributed by atoms with Gasteiger partial charge in [-0.1, -0.05) is 78.3 Å². The Labute approximate surface area is 554 Å². The maximum atomic E-state index is 14.8. The summed E-state index contributed by atoms with van der Waals surface area (Å²) >= 11 is 0. The molecule has 3 aromatic heterocycles. The van der Waals surface area contributed by atoms with E-state index in [2.05, 4.69) is 72.4 Å². The van der Waals surface area contributed by atoms with Gasteiger partial charge in [-0.3, -0.25) is 47.9 Å². The van der Waals surface area contributed by atoms with Crippen LogP contribution in [-0.4, -0.2) is 191 Å². The van der Waals surface area contributed by atoms with Gasteiger partial charge >= 0.3 is 18.1 Å². The summed E-state index contributed by atoms with van der Waals surface area (Å²) in [6, 6.07) is -4.42. The largest absolute Gasteiger partial charge is 0.480 e. The number of amides is 10. The fourth-order valence-electron chi connectivity index (χ4n) is 10.8. The molecule has 5 rings (SSSR count). The van der Waals surface area contributed by atoms with Gasteiger partial charge in [-0.25, -0.2) is 19.7 Å². The van der Waals surface area contributed by atoms with E-state index in [1.54, 1.807) is 77.2 Å². The maximum Gasteiger partial charge on any atom is 0.471 e. The van der Waals surface area contributed by atoms with E-state index < -0.39 is 143 Å². The number of hydrogen-bond acceptors (Lipinski definition) is 16. The van der Waals surface area contributed by atoms with Gasteiger partial charge in [-0.2, -0.15) is 13.2 Å². The summed E-state index contributed by atoms with van der Waals surface area (Å²) in [5, 5.41) is 33.4. The van der Waals surface area contributed by atoms with Crippen molar-refractivity contribution >= 4 is 65.0 Å². The summed E-state index contributed by atoms with van der Waals surface area (Å²) in [5.74, 6) is -11.8. The number of nitrogens with two attached hydrogens (primary N) is 2. The number of aliphatic carboxylic acids is 1. The zero-order valence-corrected chi connectivity index (χ0v) is 54.9. The number of carboxylic acids is 1. The molecule has 0 spiro atoms. The number of alkyl halides is 3. The minimum atomic E-state index is -5.06. The number of carbonyl (C=O) groups is 11. The van der Waals surface area contributed by atoms with Gasteiger partial charge in [0.1, 0.15) is 54.4 Å². The van der Waals surface area contributed by atoms with E-state index in [0.717, 1.165) is 0 Å². The van der Waals surface area contributed by atoms with Crippen molar-refractivity contribution < 1.29 is 71.0 Å². The minimum Gasteiger partial charge on any atom is -0.480 e. The monoisotopic (exact) mass is 1350 g/mol. The lowest BCUT2D eigenvalue weighted by molar-refractivity contribution is -0.173. The van der Waals surface area contributed by atoms with Crippen LogP contribution in [0.15, 0.2) is 67.9 Å². The van der Waals surface area contributed by atoms with Crippen LogP contribution in [0.3, 0.4) is 0 Å². The highest BCUT2D eigenvalue weighted by molar-refractivity contribution is 5.99. The van der Waals surface area contributed by atoms with E-state index in [1.165, 1.54) is 42.5 Å². The van der Waals surface area contributed by atoms with Gasteiger partial charge in [-0.15, -0.1) is 0 Å². The summed E-state index contributed by atoms with van der Waals surface area (Å²) < 4.78 is 37.9. The number of likely N-dealkylation sites (tertiary alicyclic amines) is 1. The molecule has 1 aliphatic heterocycles. The summed E-state index contributed by atoms with van der Waals surface area (Å²) in [5.41, 5.74) is 13.7. The van der Waals surface area contributed by atoms with Crippen LogP contribution in [0, 0.1) is 17.8 Å². The van der Waals surface area contributed by atoms with Crippen LogP contribution in [0.2, 0.25) is 0 Å². The standard InChI is InChI=1S/C63H93F3N18O12/c1-7-37(6)51(59(92)80-47(27-40-30-70-33-74-40)54(87)76-43(61(94)95)19-11-13-21-67)83-58(91)50(36(4)5)82-56(89)44(24-35(2)3)77-55(88)46(26-39-29-69-32-73-39)78-53(86)45(25-38-16-9-8-10-17-38)79-57(90)49-20-15-23-84(49)60(93)48(28-41-31-71-34-75-41)81-52(85)42(68)18-12-14-22-72-62(96)63(64,65)66/h8-10,16-17,29-37,42-51H,7,11-15,18-28,67-68H2,1-6H3,(H,69,73)(H,70,74)(H,71,75)(H,72,96)(H,76,87)(H,77,88)(H,78,86)(H,79,90)(H,80,92)(H,81,85)(H,82,89)(H,83,91)(H,94,95)/t37-,42-,43-,44-,45-,46-,47-,48-,49-,50-,51-/m0/s1. The second-order valence-electron chi connectivity index (χ2n) is 24.8. The van der Waals surface area contributed by atoms with E-state index in [1.807, 2.05) is 0 Å². The molecule has 17 N–H and O–H groups in total. The van der Waals surface area contributed by atoms with Crippen LogP contribution in [0.4, 0.5) is 13.2 Å². The fourth-order valence-corrected chi connectivity index (χ4v) is 10.8. The second kappa shape index (κ2) is 38.3. The normalized spacial score (nSPS) is 16.3. The number of halogens is 3. The predicted octanol–water partition coefficient (Wildman–Crippen LogP) is 0.134. The lowest BCUT2D eigenvalue weighted by atomic mass is 9.95. The first-order valence-electron chi connectivity index (χ1n) is 32.3. The zero-order chi connectivity index (χ0) is 70.6. The van der Waals surface area contributed by atoms with Gasteiger partial charge in [-0.05, 0) is 87.6 Å². The average Bonchev–Trinajstić information content (AvgIpc) is 1.60. The number of aromatic amines is 3. The number of nitrogens with one attached hydrogen (secondary N) is 12. The number of H-pyrrole nitrogens is 3. The topological polar surface area (TPSA) is 458 Å². The first-order valence-corrected chi connectivity index (χ1v) is 32.3. The fraction of sp³-hybridized carbons (Fsp3) is 0.587. The van der Waals surface area contributed by atoms with Crippen LogP contribution in [-0.2, 0) is 78.4 Å². The Bertz CT molecular complexity index is 3160. The van der Waals surface area contributed by atoms with Crippen LogP contribution in [0.5, 0.6) is 0 Å². The number of benzene rings is 1. The summed E-state index contributed by atoms with van der Waals surface area (Å²) in [4.78, 5) is 175. The highest BCUT2D eigenvalue weighted by Crippen LogP contribution is 2.22. The number of carboxylic acid groups (broad SMARTS) is 1. The molecule has 4 heterocycles. The molecule has 4 aromatic rings. The van der Waals surface area contributed by atoms with Crippen LogP contribution < -0.4 is 59.3 Å². The third-order valence-electron chi connectivity index (χ3n) is 16.3. The van der Waals surface area contributed by atoms with Crippen molar-refractivity contribution in [3.05, 3.63) is 90.5 Å².